The van der Waals surface area contributed by atoms with Crippen LogP contribution in [-0.2, 0) is 0 Å². The molecule has 0 bridgehead atoms. The molecule has 18 rings (SSSR count). The third-order valence-corrected chi connectivity index (χ3v) is 23.0. The molecule has 0 amide bonds. The Labute approximate surface area is 512 Å². The van der Waals surface area contributed by atoms with Crippen LogP contribution in [0.15, 0.2) is 315 Å². The van der Waals surface area contributed by atoms with E-state index in [0.717, 1.165) is 94.0 Å². The predicted octanol–water partition coefficient (Wildman–Crippen LogP) is 16.4. The molecule has 0 saturated heterocycles. The van der Waals surface area contributed by atoms with Gasteiger partial charge in [-0.3, -0.25) is 18.3 Å². The lowest BCUT2D eigenvalue weighted by atomic mass is 10.1. The van der Waals surface area contributed by atoms with Gasteiger partial charge in [-0.1, -0.05) is 255 Å². The Morgan fingerprint density at radius 2 is 0.461 bits per heavy atom. The van der Waals surface area contributed by atoms with Crippen LogP contribution in [0.4, 0.5) is 0 Å². The van der Waals surface area contributed by atoms with Crippen molar-refractivity contribution >= 4 is 116 Å². The first-order valence-corrected chi connectivity index (χ1v) is 32.2. The zero-order valence-corrected chi connectivity index (χ0v) is 49.1. The van der Waals surface area contributed by atoms with Crippen LogP contribution >= 0.6 is 0 Å². The van der Waals surface area contributed by atoms with Crippen molar-refractivity contribution in [2.45, 2.75) is 0 Å². The van der Waals surface area contributed by atoms with E-state index < -0.39 is 8.07 Å². The van der Waals surface area contributed by atoms with E-state index in [1.807, 2.05) is 0 Å². The molecule has 0 saturated carbocycles. The van der Waals surface area contributed by atoms with Crippen molar-refractivity contribution in [2.24, 2.45) is 0 Å². The molecule has 0 aliphatic rings. The first kappa shape index (κ1) is 50.5. The van der Waals surface area contributed by atoms with Crippen LogP contribution in [0.2, 0.25) is 0 Å². The molecule has 6 aromatic heterocycles. The molecule has 6 heterocycles. The molecule has 18 aromatic rings. The lowest BCUT2D eigenvalue weighted by Crippen LogP contribution is -2.74. The van der Waals surface area contributed by atoms with Crippen LogP contribution in [0.1, 0.15) is 0 Å². The number of hydrogen-bond donors (Lipinski definition) is 0. The van der Waals surface area contributed by atoms with E-state index in [2.05, 4.69) is 334 Å². The van der Waals surface area contributed by atoms with Gasteiger partial charge in [0.2, 0.25) is 11.9 Å². The van der Waals surface area contributed by atoms with Crippen molar-refractivity contribution in [1.82, 2.24) is 38.2 Å². The van der Waals surface area contributed by atoms with Gasteiger partial charge in [-0.25, -0.2) is 4.98 Å². The summed E-state index contributed by atoms with van der Waals surface area (Å²) in [6.45, 7) is 0. The van der Waals surface area contributed by atoms with Gasteiger partial charge >= 0.3 is 0 Å². The molecular weight excluding hydrogens is 1100 g/mol. The summed E-state index contributed by atoms with van der Waals surface area (Å²) in [6.07, 6.45) is 0. The summed E-state index contributed by atoms with van der Waals surface area (Å²) in [7, 11) is -3.09. The highest BCUT2D eigenvalue weighted by Gasteiger charge is 2.41. The summed E-state index contributed by atoms with van der Waals surface area (Å²) < 4.78 is 9.05. The predicted molar refractivity (Wildman–Crippen MR) is 369 cm³/mol. The Balaban J connectivity index is 0.825. The van der Waals surface area contributed by atoms with Gasteiger partial charge in [0.15, 0.2) is 13.9 Å². The molecule has 416 valence electrons. The molecular formula is C80H52N8Si. The van der Waals surface area contributed by atoms with Crippen LogP contribution in [0.5, 0.6) is 0 Å². The second kappa shape index (κ2) is 20.2. The Morgan fingerprint density at radius 1 is 0.202 bits per heavy atom. The van der Waals surface area contributed by atoms with Gasteiger partial charge in [0, 0.05) is 48.7 Å². The monoisotopic (exact) mass is 1150 g/mol. The normalized spacial score (nSPS) is 12.0. The van der Waals surface area contributed by atoms with Gasteiger partial charge in [0.05, 0.1) is 44.1 Å². The number of rotatable bonds is 10. The van der Waals surface area contributed by atoms with Crippen molar-refractivity contribution in [2.75, 3.05) is 0 Å². The molecule has 0 atom stereocenters. The van der Waals surface area contributed by atoms with Crippen molar-refractivity contribution < 1.29 is 0 Å². The van der Waals surface area contributed by atoms with Gasteiger partial charge < -0.3 is 0 Å². The summed E-state index contributed by atoms with van der Waals surface area (Å²) in [5, 5.41) is 14.4. The standard InChI is InChI=1S/C80H52N8Si/c1-3-23-56(24-4-1)89(57-25-5-2-6-26-57,58-47-43-53(44-48-58)55-51-76(85-68-35-15-7-27-60(68)61-28-8-16-36-69(61)85)81-77(52-55)86-70-37-17-9-29-62(70)63-30-10-18-38-71(63)86)59-49-45-54(46-50-59)78-82-79(87-72-39-19-11-31-64(72)65-32-12-20-40-73(65)87)84-80(83-78)88-74-41-21-13-33-66(74)67-34-14-22-42-75(67)88/h1-52H. The van der Waals surface area contributed by atoms with Crippen LogP contribution in [-0.4, -0.2) is 46.3 Å². The highest BCUT2D eigenvalue weighted by Crippen LogP contribution is 2.38. The minimum Gasteiger partial charge on any atom is -0.294 e. The van der Waals surface area contributed by atoms with E-state index in [4.69, 9.17) is 19.9 Å². The molecule has 0 unspecified atom stereocenters. The summed E-state index contributed by atoms with van der Waals surface area (Å²) in [5.74, 6) is 3.37. The van der Waals surface area contributed by atoms with E-state index in [-0.39, 0.29) is 0 Å². The second-order valence-electron chi connectivity index (χ2n) is 22.9. The van der Waals surface area contributed by atoms with Crippen molar-refractivity contribution in [3.05, 3.63) is 315 Å². The minimum absolute atomic E-state index is 0.546. The summed E-state index contributed by atoms with van der Waals surface area (Å²) >= 11 is 0. The van der Waals surface area contributed by atoms with E-state index in [0.29, 0.717) is 17.7 Å². The van der Waals surface area contributed by atoms with Crippen molar-refractivity contribution in [1.29, 1.82) is 0 Å². The van der Waals surface area contributed by atoms with E-state index in [1.165, 1.54) is 42.3 Å². The molecule has 0 fully saturated rings. The topological polar surface area (TPSA) is 71.3 Å². The summed E-state index contributed by atoms with van der Waals surface area (Å²) in [4.78, 5) is 22.0. The number of fused-ring (bicyclic) bond motifs is 12. The molecule has 0 aliphatic carbocycles. The van der Waals surface area contributed by atoms with Gasteiger partial charge in [0.1, 0.15) is 11.6 Å². The molecule has 89 heavy (non-hydrogen) atoms. The largest absolute Gasteiger partial charge is 0.294 e. The number of pyridine rings is 1. The average Bonchev–Trinajstić information content (AvgIpc) is 1.53. The van der Waals surface area contributed by atoms with Crippen LogP contribution in [0.3, 0.4) is 0 Å². The summed E-state index contributed by atoms with van der Waals surface area (Å²) in [6, 6.07) is 114. The maximum Gasteiger partial charge on any atom is 0.240 e. The van der Waals surface area contributed by atoms with Crippen LogP contribution in [0.25, 0.3) is 133 Å². The lowest BCUT2D eigenvalue weighted by molar-refractivity contribution is 0.893. The minimum atomic E-state index is -3.09. The summed E-state index contributed by atoms with van der Waals surface area (Å²) in [5.41, 5.74) is 11.6. The van der Waals surface area contributed by atoms with Crippen molar-refractivity contribution in [3.8, 4) is 46.0 Å². The van der Waals surface area contributed by atoms with E-state index in [9.17, 15) is 0 Å². The van der Waals surface area contributed by atoms with Gasteiger partial charge in [-0.05, 0) is 92.5 Å². The maximum absolute atomic E-state index is 5.65. The molecule has 0 spiro atoms. The van der Waals surface area contributed by atoms with Crippen molar-refractivity contribution in [3.63, 3.8) is 0 Å². The average molecular weight is 1150 g/mol. The number of aromatic nitrogens is 8. The zero-order valence-electron chi connectivity index (χ0n) is 48.1. The quantitative estimate of drug-likeness (QED) is 0.101. The van der Waals surface area contributed by atoms with Crippen LogP contribution in [0, 0.1) is 0 Å². The number of para-hydroxylation sites is 8. The number of nitrogens with zero attached hydrogens (tertiary/aromatic N) is 8. The first-order chi connectivity index (χ1) is 44.2. The molecule has 0 N–H and O–H groups in total. The third kappa shape index (κ3) is 7.79. The Bertz CT molecular complexity index is 4970. The van der Waals surface area contributed by atoms with Gasteiger partial charge in [-0.2, -0.15) is 15.0 Å². The van der Waals surface area contributed by atoms with E-state index >= 15 is 0 Å². The SMILES string of the molecule is c1ccc([Si](c2ccccc2)(c2ccc(-c3cc(-n4c5ccccc5c5ccccc54)nc(-n4c5ccccc5c5ccccc54)c3)cc2)c2ccc(-c3nc(-n4c5ccccc5c5ccccc54)nc(-n4c5ccccc5c5ccccc54)n3)cc2)cc1. The third-order valence-electron chi connectivity index (χ3n) is 18.2. The first-order valence-electron chi connectivity index (χ1n) is 30.2. The van der Waals surface area contributed by atoms with Gasteiger partial charge in [0.25, 0.3) is 0 Å². The molecule has 8 nitrogen and oxygen atoms in total. The highest BCUT2D eigenvalue weighted by atomic mass is 28.3. The zero-order chi connectivity index (χ0) is 58.6. The fourth-order valence-corrected chi connectivity index (χ4v) is 19.1. The number of benzene rings is 12. The Kier molecular flexibility index (Phi) is 11.5. The molecule has 12 aromatic carbocycles. The Hall–Kier alpha value is -11.8. The van der Waals surface area contributed by atoms with Gasteiger partial charge in [-0.15, -0.1) is 0 Å². The smallest absolute Gasteiger partial charge is 0.240 e. The molecule has 0 radical (unpaired) electrons. The number of hydrogen-bond acceptors (Lipinski definition) is 4. The fourth-order valence-electron chi connectivity index (χ4n) is 14.4. The Morgan fingerprint density at radius 3 is 0.775 bits per heavy atom. The molecule has 0 aliphatic heterocycles. The van der Waals surface area contributed by atoms with Crippen LogP contribution < -0.4 is 20.7 Å². The maximum atomic E-state index is 5.65. The molecule has 9 heteroatoms. The second-order valence-corrected chi connectivity index (χ2v) is 26.8. The van der Waals surface area contributed by atoms with E-state index in [1.54, 1.807) is 0 Å². The highest BCUT2D eigenvalue weighted by molar-refractivity contribution is 7.19. The fraction of sp³-hybridized carbons (Fsp3) is 0. The lowest BCUT2D eigenvalue weighted by Gasteiger charge is -2.34.